The van der Waals surface area contributed by atoms with Crippen molar-refractivity contribution in [1.82, 2.24) is 4.98 Å². The minimum Gasteiger partial charge on any atom is -0.486 e. The van der Waals surface area contributed by atoms with Gasteiger partial charge in [-0.25, -0.2) is 18.5 Å². The summed E-state index contributed by atoms with van der Waals surface area (Å²) in [6, 6.07) is 11.5. The number of thiazole rings is 1. The average molecular weight is 452 g/mol. The standard InChI is InChI=1S/C19H18ClN3O4S2/c1-11-3-6-14(9-16(11)29(21,25)26)23-19(24)18-12(2)22-17(28-18)10-27-15-7-4-13(20)5-8-15/h3-9H,10H2,1-2H3,(H,23,24)(H2,21,25,26). The van der Waals surface area contributed by atoms with E-state index in [2.05, 4.69) is 10.3 Å². The summed E-state index contributed by atoms with van der Waals surface area (Å²) >= 11 is 7.05. The highest BCUT2D eigenvalue weighted by atomic mass is 35.5. The maximum absolute atomic E-state index is 12.6. The van der Waals surface area contributed by atoms with Gasteiger partial charge >= 0.3 is 0 Å². The van der Waals surface area contributed by atoms with Gasteiger partial charge in [0.1, 0.15) is 22.2 Å². The SMILES string of the molecule is Cc1ccc(NC(=O)c2sc(COc3ccc(Cl)cc3)nc2C)cc1S(N)(=O)=O. The molecule has 152 valence electrons. The van der Waals surface area contributed by atoms with E-state index < -0.39 is 10.0 Å². The highest BCUT2D eigenvalue weighted by molar-refractivity contribution is 7.89. The van der Waals surface area contributed by atoms with Crippen molar-refractivity contribution in [3.8, 4) is 5.75 Å². The summed E-state index contributed by atoms with van der Waals surface area (Å²) in [6.45, 7) is 3.56. The van der Waals surface area contributed by atoms with Crippen LogP contribution in [0.1, 0.15) is 25.9 Å². The number of hydrogen-bond acceptors (Lipinski definition) is 6. The van der Waals surface area contributed by atoms with Crippen LogP contribution in [-0.4, -0.2) is 19.3 Å². The van der Waals surface area contributed by atoms with Gasteiger partial charge < -0.3 is 10.1 Å². The first-order valence-electron chi connectivity index (χ1n) is 8.43. The molecule has 3 rings (SSSR count). The monoisotopic (exact) mass is 451 g/mol. The van der Waals surface area contributed by atoms with Crippen molar-refractivity contribution < 1.29 is 17.9 Å². The van der Waals surface area contributed by atoms with Crippen LogP contribution in [-0.2, 0) is 16.6 Å². The Morgan fingerprint density at radius 1 is 1.21 bits per heavy atom. The minimum absolute atomic E-state index is 0.0339. The lowest BCUT2D eigenvalue weighted by molar-refractivity contribution is 0.102. The number of amides is 1. The Morgan fingerprint density at radius 3 is 2.55 bits per heavy atom. The number of rotatable bonds is 6. The number of nitrogens with one attached hydrogen (secondary N) is 1. The number of sulfonamides is 1. The Hall–Kier alpha value is -2.46. The number of carbonyl (C=O) groups excluding carboxylic acids is 1. The third kappa shape index (κ3) is 5.33. The number of aryl methyl sites for hydroxylation is 2. The van der Waals surface area contributed by atoms with E-state index in [1.165, 1.54) is 17.4 Å². The van der Waals surface area contributed by atoms with Crippen molar-refractivity contribution in [2.45, 2.75) is 25.3 Å². The zero-order chi connectivity index (χ0) is 21.2. The van der Waals surface area contributed by atoms with Crippen molar-refractivity contribution in [1.29, 1.82) is 0 Å². The van der Waals surface area contributed by atoms with E-state index in [1.54, 1.807) is 50.2 Å². The van der Waals surface area contributed by atoms with E-state index in [4.69, 9.17) is 21.5 Å². The summed E-state index contributed by atoms with van der Waals surface area (Å²) < 4.78 is 29.0. The Bertz CT molecular complexity index is 1160. The van der Waals surface area contributed by atoms with E-state index in [0.29, 0.717) is 37.6 Å². The van der Waals surface area contributed by atoms with Crippen LogP contribution in [0.2, 0.25) is 5.02 Å². The second-order valence-corrected chi connectivity index (χ2v) is 9.29. The first kappa shape index (κ1) is 21.3. The number of hydrogen-bond donors (Lipinski definition) is 2. The number of anilines is 1. The molecule has 0 aliphatic carbocycles. The Kier molecular flexibility index (Phi) is 6.23. The van der Waals surface area contributed by atoms with Gasteiger partial charge in [0.05, 0.1) is 10.6 Å². The highest BCUT2D eigenvalue weighted by Crippen LogP contribution is 2.24. The van der Waals surface area contributed by atoms with Gasteiger partial charge in [0.25, 0.3) is 5.91 Å². The molecule has 0 saturated carbocycles. The van der Waals surface area contributed by atoms with Gasteiger partial charge in [-0.3, -0.25) is 4.79 Å². The number of carbonyl (C=O) groups is 1. The van der Waals surface area contributed by atoms with Gasteiger partial charge in [-0.05, 0) is 55.8 Å². The van der Waals surface area contributed by atoms with E-state index in [-0.39, 0.29) is 17.4 Å². The molecule has 0 unspecified atom stereocenters. The number of ether oxygens (including phenoxy) is 1. The largest absolute Gasteiger partial charge is 0.486 e. The maximum Gasteiger partial charge on any atom is 0.267 e. The second kappa shape index (κ2) is 8.50. The molecule has 10 heteroatoms. The summed E-state index contributed by atoms with van der Waals surface area (Å²) in [7, 11) is -3.88. The van der Waals surface area contributed by atoms with Gasteiger partial charge in [0, 0.05) is 10.7 Å². The molecule has 29 heavy (non-hydrogen) atoms. The number of halogens is 1. The number of nitrogens with zero attached hydrogens (tertiary/aromatic N) is 1. The van der Waals surface area contributed by atoms with Crippen LogP contribution in [0.4, 0.5) is 5.69 Å². The summed E-state index contributed by atoms with van der Waals surface area (Å²) in [6.07, 6.45) is 0. The van der Waals surface area contributed by atoms with Gasteiger partial charge in [0.15, 0.2) is 0 Å². The van der Waals surface area contributed by atoms with E-state index in [9.17, 15) is 13.2 Å². The first-order chi connectivity index (χ1) is 13.6. The quantitative estimate of drug-likeness (QED) is 0.590. The molecular formula is C19H18ClN3O4S2. The van der Waals surface area contributed by atoms with Gasteiger partial charge in [-0.15, -0.1) is 11.3 Å². The summed E-state index contributed by atoms with van der Waals surface area (Å²) in [5, 5.41) is 9.15. The Balaban J connectivity index is 1.72. The van der Waals surface area contributed by atoms with Crippen LogP contribution >= 0.6 is 22.9 Å². The second-order valence-electron chi connectivity index (χ2n) is 6.24. The maximum atomic E-state index is 12.6. The lowest BCUT2D eigenvalue weighted by atomic mass is 10.2. The van der Waals surface area contributed by atoms with Crippen LogP contribution in [0.25, 0.3) is 0 Å². The number of nitrogens with two attached hydrogens (primary N) is 1. The molecule has 1 heterocycles. The Labute approximate surface area is 177 Å². The smallest absolute Gasteiger partial charge is 0.267 e. The van der Waals surface area contributed by atoms with E-state index >= 15 is 0 Å². The van der Waals surface area contributed by atoms with Crippen molar-refractivity contribution in [3.05, 3.63) is 68.6 Å². The molecule has 2 aromatic carbocycles. The number of benzene rings is 2. The van der Waals surface area contributed by atoms with Crippen LogP contribution in [0, 0.1) is 13.8 Å². The molecule has 1 aromatic heterocycles. The highest BCUT2D eigenvalue weighted by Gasteiger charge is 2.18. The predicted octanol–water partition coefficient (Wildman–Crippen LogP) is 3.89. The van der Waals surface area contributed by atoms with Crippen LogP contribution in [0.5, 0.6) is 5.75 Å². The normalized spacial score (nSPS) is 11.3. The summed E-state index contributed by atoms with van der Waals surface area (Å²) in [5.74, 6) is 0.255. The number of aromatic nitrogens is 1. The lowest BCUT2D eigenvalue weighted by Gasteiger charge is -2.08. The van der Waals surface area contributed by atoms with Gasteiger partial charge in [-0.1, -0.05) is 17.7 Å². The molecule has 0 fully saturated rings. The first-order valence-corrected chi connectivity index (χ1v) is 11.2. The molecule has 3 N–H and O–H groups in total. The molecule has 7 nitrogen and oxygen atoms in total. The van der Waals surface area contributed by atoms with Gasteiger partial charge in [0.2, 0.25) is 10.0 Å². The predicted molar refractivity (Wildman–Crippen MR) is 113 cm³/mol. The fourth-order valence-electron chi connectivity index (χ4n) is 2.57. The van der Waals surface area contributed by atoms with Crippen LogP contribution in [0.3, 0.4) is 0 Å². The third-order valence-electron chi connectivity index (χ3n) is 3.98. The fraction of sp³-hybridized carbons (Fsp3) is 0.158. The van der Waals surface area contributed by atoms with E-state index in [0.717, 1.165) is 0 Å². The van der Waals surface area contributed by atoms with Crippen molar-refractivity contribution in [2.75, 3.05) is 5.32 Å². The molecule has 0 atom stereocenters. The average Bonchev–Trinajstić information content (AvgIpc) is 3.03. The number of primary sulfonamides is 1. The fourth-order valence-corrected chi connectivity index (χ4v) is 4.38. The van der Waals surface area contributed by atoms with Crippen molar-refractivity contribution in [3.63, 3.8) is 0 Å². The zero-order valence-corrected chi connectivity index (χ0v) is 18.0. The molecule has 0 bridgehead atoms. The summed E-state index contributed by atoms with van der Waals surface area (Å²) in [4.78, 5) is 17.4. The minimum atomic E-state index is -3.88. The zero-order valence-electron chi connectivity index (χ0n) is 15.6. The molecule has 0 aliphatic rings. The third-order valence-corrected chi connectivity index (χ3v) is 6.41. The van der Waals surface area contributed by atoms with Crippen molar-refractivity contribution in [2.24, 2.45) is 5.14 Å². The molecule has 0 radical (unpaired) electrons. The molecule has 3 aromatic rings. The lowest BCUT2D eigenvalue weighted by Crippen LogP contribution is -2.16. The molecule has 1 amide bonds. The van der Waals surface area contributed by atoms with Gasteiger partial charge in [-0.2, -0.15) is 0 Å². The van der Waals surface area contributed by atoms with Crippen molar-refractivity contribution >= 4 is 44.6 Å². The molecule has 0 saturated heterocycles. The Morgan fingerprint density at radius 2 is 1.90 bits per heavy atom. The molecule has 0 spiro atoms. The topological polar surface area (TPSA) is 111 Å². The summed E-state index contributed by atoms with van der Waals surface area (Å²) in [5.41, 5.74) is 1.39. The molecular weight excluding hydrogens is 434 g/mol. The van der Waals surface area contributed by atoms with Crippen LogP contribution < -0.4 is 15.2 Å². The van der Waals surface area contributed by atoms with E-state index in [1.807, 2.05) is 0 Å². The van der Waals surface area contributed by atoms with Crippen LogP contribution in [0.15, 0.2) is 47.4 Å². The molecule has 0 aliphatic heterocycles.